The molecule has 0 atom stereocenters. The topological polar surface area (TPSA) is 3.24 Å². The Hall–Kier alpha value is -6.70. The van der Waals surface area contributed by atoms with Crippen LogP contribution in [0.1, 0.15) is 77.8 Å². The van der Waals surface area contributed by atoms with Gasteiger partial charge in [0, 0.05) is 27.9 Å². The summed E-state index contributed by atoms with van der Waals surface area (Å²) in [4.78, 5) is 2.50. The van der Waals surface area contributed by atoms with Gasteiger partial charge in [-0.15, -0.1) is 0 Å². The molecule has 0 heterocycles. The quantitative estimate of drug-likeness (QED) is 0.173. The van der Waals surface area contributed by atoms with E-state index < -0.39 is 0 Å². The zero-order valence-corrected chi connectivity index (χ0v) is 34.9. The van der Waals surface area contributed by atoms with E-state index in [0.717, 1.165) is 12.8 Å². The van der Waals surface area contributed by atoms with Gasteiger partial charge >= 0.3 is 0 Å². The van der Waals surface area contributed by atoms with Gasteiger partial charge in [0.1, 0.15) is 0 Å². The van der Waals surface area contributed by atoms with Crippen LogP contribution in [0.25, 0.3) is 66.1 Å². The number of aryl methyl sites for hydroxylation is 1. The molecule has 0 unspecified atom stereocenters. The molecule has 9 aromatic carbocycles. The fourth-order valence-electron chi connectivity index (χ4n) is 12.3. The zero-order chi connectivity index (χ0) is 40.2. The maximum atomic E-state index is 2.50. The van der Waals surface area contributed by atoms with Gasteiger partial charge in [-0.2, -0.15) is 0 Å². The van der Waals surface area contributed by atoms with Crippen molar-refractivity contribution in [2.75, 3.05) is 4.90 Å². The summed E-state index contributed by atoms with van der Waals surface area (Å²) in [6.07, 6.45) is 1.93. The molecule has 9 aromatic rings. The molecule has 1 heteroatoms. The summed E-state index contributed by atoms with van der Waals surface area (Å²) in [7, 11) is 0. The number of nitrogens with zero attached hydrogens (tertiary/aromatic N) is 1. The lowest BCUT2D eigenvalue weighted by molar-refractivity contribution is 0.653. The minimum absolute atomic E-state index is 0.172. The molecular formula is C59H45N. The Morgan fingerprint density at radius 1 is 0.383 bits per heavy atom. The molecule has 0 saturated heterocycles. The standard InChI is InChI=1S/C59H45N/c1-34-18-20-39(21-19-34)60(40-22-24-44-48-28-26-42-46-16-8-12-35-10-6-14-37(54(35)46)30-50(42)56(48)58(2,3)52(44)32-40)41-23-25-45-49-29-27-43-47-17-9-13-36-11-7-15-38(55(36)47)31-51(43)57(49)59(4,5)53(45)33-41/h6-29,32-33H,30-31H2,1-5H3. The normalized spacial score (nSPS) is 15.2. The van der Waals surface area contributed by atoms with Crippen molar-refractivity contribution in [3.05, 3.63) is 208 Å². The van der Waals surface area contributed by atoms with Crippen molar-refractivity contribution in [2.24, 2.45) is 0 Å². The lowest BCUT2D eigenvalue weighted by atomic mass is 9.74. The number of fused-ring (bicyclic) bond motifs is 12. The highest BCUT2D eigenvalue weighted by Crippen LogP contribution is 2.57. The molecule has 0 aromatic heterocycles. The first kappa shape index (κ1) is 34.2. The first-order chi connectivity index (χ1) is 29.2. The maximum absolute atomic E-state index is 2.50. The van der Waals surface area contributed by atoms with Gasteiger partial charge in [0.2, 0.25) is 0 Å². The van der Waals surface area contributed by atoms with Gasteiger partial charge in [-0.05, 0) is 167 Å². The Morgan fingerprint density at radius 3 is 1.25 bits per heavy atom. The highest BCUT2D eigenvalue weighted by atomic mass is 15.1. The summed E-state index contributed by atoms with van der Waals surface area (Å²) in [5, 5.41) is 5.50. The third-order valence-electron chi connectivity index (χ3n) is 14.9. The van der Waals surface area contributed by atoms with Crippen molar-refractivity contribution >= 4 is 38.6 Å². The predicted octanol–water partition coefficient (Wildman–Crippen LogP) is 15.5. The Bertz CT molecular complexity index is 3160. The van der Waals surface area contributed by atoms with Crippen LogP contribution >= 0.6 is 0 Å². The summed E-state index contributed by atoms with van der Waals surface area (Å²) in [5.74, 6) is 0. The monoisotopic (exact) mass is 767 g/mol. The third-order valence-corrected chi connectivity index (χ3v) is 14.9. The molecule has 0 saturated carbocycles. The molecule has 0 N–H and O–H groups in total. The second-order valence-corrected chi connectivity index (χ2v) is 18.9. The van der Waals surface area contributed by atoms with Crippen molar-refractivity contribution in [1.82, 2.24) is 0 Å². The first-order valence-electron chi connectivity index (χ1n) is 21.7. The van der Waals surface area contributed by atoms with Crippen LogP contribution in [-0.4, -0.2) is 0 Å². The zero-order valence-electron chi connectivity index (χ0n) is 34.9. The van der Waals surface area contributed by atoms with E-state index in [1.165, 1.54) is 133 Å². The van der Waals surface area contributed by atoms with Crippen LogP contribution < -0.4 is 4.90 Å². The van der Waals surface area contributed by atoms with E-state index in [-0.39, 0.29) is 10.8 Å². The fraction of sp³-hybridized carbons (Fsp3) is 0.153. The van der Waals surface area contributed by atoms with Crippen molar-refractivity contribution in [3.8, 4) is 44.5 Å². The van der Waals surface area contributed by atoms with Gasteiger partial charge < -0.3 is 4.90 Å². The molecule has 4 aliphatic carbocycles. The average molecular weight is 768 g/mol. The van der Waals surface area contributed by atoms with Gasteiger partial charge in [-0.25, -0.2) is 0 Å². The first-order valence-corrected chi connectivity index (χ1v) is 21.7. The molecule has 4 aliphatic rings. The lowest BCUT2D eigenvalue weighted by Crippen LogP contribution is -2.20. The van der Waals surface area contributed by atoms with Crippen LogP contribution in [0.15, 0.2) is 158 Å². The molecule has 0 fully saturated rings. The number of hydrogen-bond acceptors (Lipinski definition) is 1. The average Bonchev–Trinajstić information content (AvgIpc) is 3.64. The SMILES string of the molecule is Cc1ccc(N(c2ccc3c(c2)C(C)(C)c2c-3ccc3c2Cc2cccc4cccc-3c24)c2ccc3c(c2)C(C)(C)c2c-3ccc3c2Cc2cccc4cccc-3c24)cc1. The Kier molecular flexibility index (Phi) is 6.69. The lowest BCUT2D eigenvalue weighted by Gasteiger charge is -2.31. The molecule has 0 aliphatic heterocycles. The van der Waals surface area contributed by atoms with Crippen LogP contribution in [0, 0.1) is 6.92 Å². The molecule has 286 valence electrons. The summed E-state index contributed by atoms with van der Waals surface area (Å²) >= 11 is 0. The van der Waals surface area contributed by atoms with Crippen LogP contribution in [-0.2, 0) is 23.7 Å². The Balaban J connectivity index is 0.945. The molecule has 0 bridgehead atoms. The highest BCUT2D eigenvalue weighted by molar-refractivity contribution is 6.05. The molecule has 60 heavy (non-hydrogen) atoms. The summed E-state index contributed by atoms with van der Waals surface area (Å²) in [6, 6.07) is 60.5. The van der Waals surface area contributed by atoms with Crippen LogP contribution in [0.5, 0.6) is 0 Å². The van der Waals surface area contributed by atoms with E-state index in [9.17, 15) is 0 Å². The largest absolute Gasteiger partial charge is 0.310 e. The van der Waals surface area contributed by atoms with Crippen molar-refractivity contribution in [1.29, 1.82) is 0 Å². The van der Waals surface area contributed by atoms with Crippen molar-refractivity contribution in [3.63, 3.8) is 0 Å². The van der Waals surface area contributed by atoms with E-state index in [1.54, 1.807) is 0 Å². The van der Waals surface area contributed by atoms with E-state index in [4.69, 9.17) is 0 Å². The fourth-order valence-corrected chi connectivity index (χ4v) is 12.3. The Morgan fingerprint density at radius 2 is 0.783 bits per heavy atom. The van der Waals surface area contributed by atoms with Gasteiger partial charge in [0.25, 0.3) is 0 Å². The van der Waals surface area contributed by atoms with Gasteiger partial charge in [-0.3, -0.25) is 0 Å². The molecule has 1 nitrogen and oxygen atoms in total. The molecule has 0 spiro atoms. The molecule has 0 amide bonds. The Labute approximate surface area is 352 Å². The molecule has 0 radical (unpaired) electrons. The minimum Gasteiger partial charge on any atom is -0.310 e. The van der Waals surface area contributed by atoms with Gasteiger partial charge in [0.15, 0.2) is 0 Å². The van der Waals surface area contributed by atoms with Crippen molar-refractivity contribution < 1.29 is 0 Å². The summed E-state index contributed by atoms with van der Waals surface area (Å²) in [5.41, 5.74) is 27.1. The molecular weight excluding hydrogens is 723 g/mol. The van der Waals surface area contributed by atoms with E-state index in [0.29, 0.717) is 0 Å². The van der Waals surface area contributed by atoms with Gasteiger partial charge in [-0.1, -0.05) is 155 Å². The predicted molar refractivity (Wildman–Crippen MR) is 252 cm³/mol. The number of anilines is 3. The minimum atomic E-state index is -0.172. The maximum Gasteiger partial charge on any atom is 0.0465 e. The van der Waals surface area contributed by atoms with Crippen LogP contribution in [0.2, 0.25) is 0 Å². The number of rotatable bonds is 3. The smallest absolute Gasteiger partial charge is 0.0465 e. The second kappa shape index (κ2) is 11.7. The molecule has 13 rings (SSSR count). The number of hydrogen-bond donors (Lipinski definition) is 0. The van der Waals surface area contributed by atoms with Crippen molar-refractivity contribution in [2.45, 2.75) is 58.3 Å². The van der Waals surface area contributed by atoms with Crippen LogP contribution in [0.3, 0.4) is 0 Å². The summed E-state index contributed by atoms with van der Waals surface area (Å²) < 4.78 is 0. The van der Waals surface area contributed by atoms with E-state index in [2.05, 4.69) is 197 Å². The second-order valence-electron chi connectivity index (χ2n) is 18.9. The van der Waals surface area contributed by atoms with Crippen LogP contribution in [0.4, 0.5) is 17.1 Å². The van der Waals surface area contributed by atoms with E-state index >= 15 is 0 Å². The third kappa shape index (κ3) is 4.42. The number of benzene rings is 9. The van der Waals surface area contributed by atoms with Gasteiger partial charge in [0.05, 0.1) is 0 Å². The summed E-state index contributed by atoms with van der Waals surface area (Å²) in [6.45, 7) is 12.0. The van der Waals surface area contributed by atoms with E-state index in [1.807, 2.05) is 0 Å². The highest BCUT2D eigenvalue weighted by Gasteiger charge is 2.42.